The van der Waals surface area contributed by atoms with Crippen molar-refractivity contribution in [2.45, 2.75) is 104 Å². The molecule has 0 radical (unpaired) electrons. The quantitative estimate of drug-likeness (QED) is 0.337. The predicted molar refractivity (Wildman–Crippen MR) is 149 cm³/mol. The molecule has 8 nitrogen and oxygen atoms in total. The molecule has 3 N–H and O–H groups in total. The van der Waals surface area contributed by atoms with Crippen LogP contribution in [0.5, 0.6) is 11.5 Å². The molecular weight excluding hydrogens is 515 g/mol. The molecule has 3 aliphatic rings. The van der Waals surface area contributed by atoms with Crippen LogP contribution in [0.3, 0.4) is 0 Å². The van der Waals surface area contributed by atoms with Crippen LogP contribution in [0, 0.1) is 34.9 Å². The normalized spacial score (nSPS) is 30.1. The lowest BCUT2D eigenvalue weighted by molar-refractivity contribution is -0.150. The Bertz CT molecular complexity index is 1100. The van der Waals surface area contributed by atoms with Crippen LogP contribution in [0.2, 0.25) is 0 Å². The summed E-state index contributed by atoms with van der Waals surface area (Å²) in [6.45, 7) is 8.03. The summed E-state index contributed by atoms with van der Waals surface area (Å²) < 4.78 is 26.3. The molecule has 1 aromatic carbocycles. The van der Waals surface area contributed by atoms with Gasteiger partial charge in [-0.05, 0) is 82.6 Å². The van der Waals surface area contributed by atoms with E-state index in [-0.39, 0.29) is 58.9 Å². The average molecular weight is 561 g/mol. The predicted octanol–water partition coefficient (Wildman–Crippen LogP) is 5.33. The number of aliphatic carboxylic acids is 1. The van der Waals surface area contributed by atoms with Crippen molar-refractivity contribution in [1.29, 1.82) is 0 Å². The monoisotopic (exact) mass is 560 g/mol. The van der Waals surface area contributed by atoms with Gasteiger partial charge in [0.1, 0.15) is 5.75 Å². The Morgan fingerprint density at radius 1 is 1.07 bits per heavy atom. The van der Waals surface area contributed by atoms with Gasteiger partial charge in [-0.1, -0.05) is 26.7 Å². The van der Waals surface area contributed by atoms with E-state index in [4.69, 9.17) is 9.47 Å². The molecule has 0 saturated heterocycles. The number of carboxylic acid groups (broad SMARTS) is 1. The Kier molecular flexibility index (Phi) is 9.30. The molecule has 0 aromatic heterocycles. The molecule has 40 heavy (non-hydrogen) atoms. The maximum Gasteiger partial charge on any atom is 0.309 e. The highest BCUT2D eigenvalue weighted by Crippen LogP contribution is 2.49. The molecule has 2 amide bonds. The van der Waals surface area contributed by atoms with E-state index >= 15 is 0 Å². The second-order valence-corrected chi connectivity index (χ2v) is 12.4. The third-order valence-electron chi connectivity index (χ3n) is 9.99. The Balaban J connectivity index is 1.48. The summed E-state index contributed by atoms with van der Waals surface area (Å²) in [5.41, 5.74) is -0.657. The molecule has 222 valence electrons. The second kappa shape index (κ2) is 12.4. The minimum atomic E-state index is -0.835. The van der Waals surface area contributed by atoms with Crippen molar-refractivity contribution < 1.29 is 33.4 Å². The molecule has 5 atom stereocenters. The summed E-state index contributed by atoms with van der Waals surface area (Å²) in [6.07, 6.45) is 6.31. The van der Waals surface area contributed by atoms with E-state index in [1.54, 1.807) is 6.92 Å². The number of rotatable bonds is 11. The first kappa shape index (κ1) is 30.1. The summed E-state index contributed by atoms with van der Waals surface area (Å²) in [5, 5.41) is 15.8. The zero-order valence-corrected chi connectivity index (χ0v) is 24.4. The number of methoxy groups -OCH3 is 1. The van der Waals surface area contributed by atoms with E-state index in [9.17, 15) is 23.9 Å². The number of hydrogen-bond acceptors (Lipinski definition) is 5. The van der Waals surface area contributed by atoms with Crippen LogP contribution in [-0.4, -0.2) is 48.2 Å². The molecule has 3 saturated carbocycles. The van der Waals surface area contributed by atoms with Gasteiger partial charge in [0, 0.05) is 18.2 Å². The first-order valence-corrected chi connectivity index (χ1v) is 14.9. The molecule has 4 rings (SSSR count). The lowest BCUT2D eigenvalue weighted by Crippen LogP contribution is -2.52. The zero-order chi connectivity index (χ0) is 29.2. The molecule has 1 aromatic rings. The van der Waals surface area contributed by atoms with Gasteiger partial charge >= 0.3 is 5.97 Å². The Morgan fingerprint density at radius 3 is 2.33 bits per heavy atom. The van der Waals surface area contributed by atoms with Crippen LogP contribution in [0.4, 0.5) is 4.39 Å². The van der Waals surface area contributed by atoms with Crippen LogP contribution in [0.15, 0.2) is 12.1 Å². The summed E-state index contributed by atoms with van der Waals surface area (Å²) in [4.78, 5) is 38.6. The van der Waals surface area contributed by atoms with E-state index in [0.29, 0.717) is 31.6 Å². The Hall–Kier alpha value is -2.84. The minimum Gasteiger partial charge on any atom is -0.496 e. The molecule has 3 aliphatic carbocycles. The number of carbonyl (C=O) groups excluding carboxylic acids is 2. The lowest BCUT2D eigenvalue weighted by Gasteiger charge is -2.34. The van der Waals surface area contributed by atoms with Gasteiger partial charge in [-0.3, -0.25) is 14.4 Å². The molecule has 1 unspecified atom stereocenters. The summed E-state index contributed by atoms with van der Waals surface area (Å²) in [5.74, 6) is -1.31. The first-order chi connectivity index (χ1) is 19.0. The van der Waals surface area contributed by atoms with Crippen molar-refractivity contribution in [3.8, 4) is 11.5 Å². The number of amides is 2. The zero-order valence-electron chi connectivity index (χ0n) is 24.4. The third kappa shape index (κ3) is 6.08. The molecular formula is C31H45FN2O6. The SMILES string of the molecule is CCC(CC)C(C)NC(=O)[C@H]1[C@@H]2CC[C@@H](C2)[C@H]1NC(=O)c1cc(O[C@H]2CC[C@@](C)(C(=O)O)CC2)c(F)cc1OC. The Labute approximate surface area is 236 Å². The highest BCUT2D eigenvalue weighted by Gasteiger charge is 2.51. The highest BCUT2D eigenvalue weighted by atomic mass is 19.1. The second-order valence-electron chi connectivity index (χ2n) is 12.4. The van der Waals surface area contributed by atoms with Gasteiger partial charge in [-0.2, -0.15) is 0 Å². The van der Waals surface area contributed by atoms with Crippen LogP contribution in [0.25, 0.3) is 0 Å². The van der Waals surface area contributed by atoms with Gasteiger partial charge in [-0.15, -0.1) is 0 Å². The molecule has 2 bridgehead atoms. The maximum absolute atomic E-state index is 15.0. The standard InChI is InChI=1S/C31H45FN2O6/c1-6-18(7-2)17(3)33-29(36)26-19-8-9-20(14-19)27(26)34-28(35)22-15-25(23(32)16-24(22)39-5)40-21-10-12-31(4,13-11-21)30(37)38/h15-21,26-27H,6-14H2,1-5H3,(H,33,36)(H,34,35)(H,37,38)/t17?,19-,20+,21-,26+,27-,31+/m1/s1. The van der Waals surface area contributed by atoms with Crippen LogP contribution in [-0.2, 0) is 9.59 Å². The summed E-state index contributed by atoms with van der Waals surface area (Å²) in [7, 11) is 1.38. The number of benzene rings is 1. The van der Waals surface area contributed by atoms with Crippen LogP contribution >= 0.6 is 0 Å². The van der Waals surface area contributed by atoms with E-state index in [0.717, 1.165) is 38.2 Å². The molecule has 3 fully saturated rings. The topological polar surface area (TPSA) is 114 Å². The fourth-order valence-electron chi connectivity index (χ4n) is 7.25. The number of ether oxygens (including phenoxy) is 2. The van der Waals surface area contributed by atoms with Gasteiger partial charge < -0.3 is 25.2 Å². The fraction of sp³-hybridized carbons (Fsp3) is 0.710. The van der Waals surface area contributed by atoms with Crippen molar-refractivity contribution >= 4 is 17.8 Å². The largest absolute Gasteiger partial charge is 0.496 e. The van der Waals surface area contributed by atoms with E-state index < -0.39 is 23.1 Å². The lowest BCUT2D eigenvalue weighted by atomic mass is 9.75. The van der Waals surface area contributed by atoms with Gasteiger partial charge in [-0.25, -0.2) is 4.39 Å². The van der Waals surface area contributed by atoms with Crippen molar-refractivity contribution in [2.24, 2.45) is 29.1 Å². The number of fused-ring (bicyclic) bond motifs is 2. The van der Waals surface area contributed by atoms with Gasteiger partial charge in [0.2, 0.25) is 5.91 Å². The smallest absolute Gasteiger partial charge is 0.309 e. The van der Waals surface area contributed by atoms with Crippen molar-refractivity contribution in [3.05, 3.63) is 23.5 Å². The van der Waals surface area contributed by atoms with E-state index in [1.807, 2.05) is 0 Å². The van der Waals surface area contributed by atoms with Crippen molar-refractivity contribution in [2.75, 3.05) is 7.11 Å². The molecule has 0 aliphatic heterocycles. The van der Waals surface area contributed by atoms with Crippen molar-refractivity contribution in [3.63, 3.8) is 0 Å². The van der Waals surface area contributed by atoms with E-state index in [1.165, 1.54) is 13.2 Å². The Morgan fingerprint density at radius 2 is 1.73 bits per heavy atom. The van der Waals surface area contributed by atoms with Crippen molar-refractivity contribution in [1.82, 2.24) is 10.6 Å². The number of hydrogen-bond donors (Lipinski definition) is 3. The molecule has 0 spiro atoms. The van der Waals surface area contributed by atoms with Gasteiger partial charge in [0.15, 0.2) is 11.6 Å². The first-order valence-electron chi connectivity index (χ1n) is 14.9. The van der Waals surface area contributed by atoms with Gasteiger partial charge in [0.25, 0.3) is 5.91 Å². The number of halogens is 1. The van der Waals surface area contributed by atoms with Crippen LogP contribution in [0.1, 0.15) is 95.8 Å². The molecule has 9 heteroatoms. The van der Waals surface area contributed by atoms with E-state index in [2.05, 4.69) is 31.4 Å². The maximum atomic E-state index is 15.0. The number of carbonyl (C=O) groups is 3. The molecule has 0 heterocycles. The third-order valence-corrected chi connectivity index (χ3v) is 9.99. The number of nitrogens with one attached hydrogen (secondary N) is 2. The summed E-state index contributed by atoms with van der Waals surface area (Å²) in [6, 6.07) is 2.28. The highest BCUT2D eigenvalue weighted by molar-refractivity contribution is 5.98. The van der Waals surface area contributed by atoms with Crippen LogP contribution < -0.4 is 20.1 Å². The van der Waals surface area contributed by atoms with Gasteiger partial charge in [0.05, 0.1) is 30.1 Å². The summed E-state index contributed by atoms with van der Waals surface area (Å²) >= 11 is 0. The minimum absolute atomic E-state index is 0.00217. The average Bonchev–Trinajstić information content (AvgIpc) is 3.53. The fourth-order valence-corrected chi connectivity index (χ4v) is 7.25. The number of carboxylic acids is 1.